The molecule has 1 amide bonds. The molecule has 0 saturated heterocycles. The largest absolute Gasteiger partial charge is 0.380 e. The number of benzene rings is 1. The van der Waals surface area contributed by atoms with Gasteiger partial charge in [-0.3, -0.25) is 4.79 Å². The van der Waals surface area contributed by atoms with Gasteiger partial charge in [0.15, 0.2) is 0 Å². The fourth-order valence-corrected chi connectivity index (χ4v) is 2.10. The summed E-state index contributed by atoms with van der Waals surface area (Å²) in [6.07, 6.45) is 2.28. The van der Waals surface area contributed by atoms with E-state index in [2.05, 4.69) is 19.2 Å². The Hall–Kier alpha value is -1.39. The zero-order valence-corrected chi connectivity index (χ0v) is 12.7. The number of hydrogen-bond acceptors (Lipinski definition) is 3. The molecule has 4 heteroatoms. The van der Waals surface area contributed by atoms with E-state index in [1.54, 1.807) is 7.11 Å². The van der Waals surface area contributed by atoms with Crippen LogP contribution in [0.2, 0.25) is 0 Å². The van der Waals surface area contributed by atoms with Crippen LogP contribution >= 0.6 is 0 Å². The first kappa shape index (κ1) is 16.7. The molecule has 0 bridgehead atoms. The molecule has 0 aliphatic heterocycles. The zero-order chi connectivity index (χ0) is 15.0. The lowest BCUT2D eigenvalue weighted by Gasteiger charge is -2.23. The Balaban J connectivity index is 2.54. The van der Waals surface area contributed by atoms with E-state index in [1.807, 2.05) is 24.3 Å². The summed E-state index contributed by atoms with van der Waals surface area (Å²) in [5, 5.41) is 2.96. The van der Waals surface area contributed by atoms with Gasteiger partial charge in [-0.05, 0) is 30.9 Å². The summed E-state index contributed by atoms with van der Waals surface area (Å²) < 4.78 is 5.13. The Labute approximate surface area is 121 Å². The van der Waals surface area contributed by atoms with Gasteiger partial charge in [-0.15, -0.1) is 0 Å². The van der Waals surface area contributed by atoms with E-state index in [0.717, 1.165) is 24.1 Å². The van der Waals surface area contributed by atoms with Crippen molar-refractivity contribution in [2.75, 3.05) is 19.0 Å². The predicted molar refractivity (Wildman–Crippen MR) is 82.5 cm³/mol. The van der Waals surface area contributed by atoms with Crippen LogP contribution in [0.15, 0.2) is 24.3 Å². The third kappa shape index (κ3) is 5.72. The van der Waals surface area contributed by atoms with Crippen molar-refractivity contribution >= 4 is 11.6 Å². The molecule has 0 atom stereocenters. The smallest absolute Gasteiger partial charge is 0.224 e. The standard InChI is InChI=1S/C16H26N2O2/c1-16(2,10-11-17)9-8-15(19)18-14-7-5-4-6-13(14)12-20-3/h4-7H,8-12,17H2,1-3H3,(H,18,19). The number of methoxy groups -OCH3 is 1. The second kappa shape index (κ2) is 8.02. The molecule has 1 rings (SSSR count). The molecule has 0 aliphatic rings. The van der Waals surface area contributed by atoms with Crippen LogP contribution in [-0.2, 0) is 16.1 Å². The van der Waals surface area contributed by atoms with Crippen molar-refractivity contribution in [1.29, 1.82) is 0 Å². The van der Waals surface area contributed by atoms with Crippen molar-refractivity contribution in [3.05, 3.63) is 29.8 Å². The third-order valence-electron chi connectivity index (χ3n) is 3.44. The van der Waals surface area contributed by atoms with E-state index >= 15 is 0 Å². The molecule has 0 aliphatic carbocycles. The van der Waals surface area contributed by atoms with Crippen molar-refractivity contribution in [1.82, 2.24) is 0 Å². The minimum atomic E-state index is 0.0404. The van der Waals surface area contributed by atoms with Gasteiger partial charge in [0.25, 0.3) is 0 Å². The van der Waals surface area contributed by atoms with Crippen molar-refractivity contribution in [2.45, 2.75) is 39.7 Å². The first-order chi connectivity index (χ1) is 9.48. The number of carbonyl (C=O) groups is 1. The summed E-state index contributed by atoms with van der Waals surface area (Å²) >= 11 is 0. The van der Waals surface area contributed by atoms with Crippen LogP contribution < -0.4 is 11.1 Å². The minimum absolute atomic E-state index is 0.0404. The monoisotopic (exact) mass is 278 g/mol. The van der Waals surface area contributed by atoms with E-state index in [-0.39, 0.29) is 11.3 Å². The number of carbonyl (C=O) groups excluding carboxylic acids is 1. The second-order valence-corrected chi connectivity index (χ2v) is 5.84. The number of nitrogens with two attached hydrogens (primary N) is 1. The number of nitrogens with one attached hydrogen (secondary N) is 1. The van der Waals surface area contributed by atoms with Crippen molar-refractivity contribution in [3.8, 4) is 0 Å². The summed E-state index contributed by atoms with van der Waals surface area (Å²) in [5.74, 6) is 0.0404. The molecule has 0 fully saturated rings. The van der Waals surface area contributed by atoms with Crippen molar-refractivity contribution in [2.24, 2.45) is 11.1 Å². The molecule has 1 aromatic rings. The summed E-state index contributed by atoms with van der Waals surface area (Å²) in [4.78, 5) is 12.0. The number of rotatable bonds is 8. The maximum Gasteiger partial charge on any atom is 0.224 e. The Morgan fingerprint density at radius 2 is 2.00 bits per heavy atom. The van der Waals surface area contributed by atoms with Gasteiger partial charge < -0.3 is 15.8 Å². The Morgan fingerprint density at radius 1 is 1.30 bits per heavy atom. The van der Waals surface area contributed by atoms with Crippen LogP contribution in [0.3, 0.4) is 0 Å². The van der Waals surface area contributed by atoms with Gasteiger partial charge in [-0.2, -0.15) is 0 Å². The van der Waals surface area contributed by atoms with E-state index in [1.165, 1.54) is 0 Å². The molecule has 0 aromatic heterocycles. The van der Waals surface area contributed by atoms with Crippen LogP contribution in [0.1, 0.15) is 38.7 Å². The van der Waals surface area contributed by atoms with Gasteiger partial charge in [0.05, 0.1) is 6.61 Å². The molecule has 0 radical (unpaired) electrons. The Bertz CT molecular complexity index is 430. The Kier molecular flexibility index (Phi) is 6.68. The first-order valence-corrected chi connectivity index (χ1v) is 7.05. The summed E-state index contributed by atoms with van der Waals surface area (Å²) in [5.41, 5.74) is 7.51. The number of para-hydroxylation sites is 1. The molecular weight excluding hydrogens is 252 g/mol. The van der Waals surface area contributed by atoms with E-state index in [4.69, 9.17) is 10.5 Å². The number of ether oxygens (including phenoxy) is 1. The zero-order valence-electron chi connectivity index (χ0n) is 12.7. The topological polar surface area (TPSA) is 64.3 Å². The van der Waals surface area contributed by atoms with Crippen LogP contribution in [0, 0.1) is 5.41 Å². The summed E-state index contributed by atoms with van der Waals surface area (Å²) in [7, 11) is 1.65. The fourth-order valence-electron chi connectivity index (χ4n) is 2.10. The van der Waals surface area contributed by atoms with Gasteiger partial charge in [0.1, 0.15) is 0 Å². The van der Waals surface area contributed by atoms with Crippen LogP contribution in [-0.4, -0.2) is 19.6 Å². The second-order valence-electron chi connectivity index (χ2n) is 5.84. The first-order valence-electron chi connectivity index (χ1n) is 7.05. The lowest BCUT2D eigenvalue weighted by Crippen LogP contribution is -2.21. The summed E-state index contributed by atoms with van der Waals surface area (Å²) in [6.45, 7) is 5.44. The molecule has 112 valence electrons. The summed E-state index contributed by atoms with van der Waals surface area (Å²) in [6, 6.07) is 7.70. The van der Waals surface area contributed by atoms with E-state index in [0.29, 0.717) is 19.6 Å². The number of anilines is 1. The maximum absolute atomic E-state index is 12.0. The van der Waals surface area contributed by atoms with Gasteiger partial charge in [0.2, 0.25) is 5.91 Å². The average Bonchev–Trinajstić information content (AvgIpc) is 2.39. The SMILES string of the molecule is COCc1ccccc1NC(=O)CCC(C)(C)CCN. The highest BCUT2D eigenvalue weighted by molar-refractivity contribution is 5.91. The molecular formula is C16H26N2O2. The maximum atomic E-state index is 12.0. The van der Waals surface area contributed by atoms with Crippen molar-refractivity contribution in [3.63, 3.8) is 0 Å². The van der Waals surface area contributed by atoms with E-state index in [9.17, 15) is 4.79 Å². The normalized spacial score (nSPS) is 11.4. The van der Waals surface area contributed by atoms with Crippen LogP contribution in [0.4, 0.5) is 5.69 Å². The highest BCUT2D eigenvalue weighted by atomic mass is 16.5. The fraction of sp³-hybridized carbons (Fsp3) is 0.562. The van der Waals surface area contributed by atoms with Gasteiger partial charge in [-0.1, -0.05) is 32.0 Å². The molecule has 1 aromatic carbocycles. The van der Waals surface area contributed by atoms with Crippen LogP contribution in [0.5, 0.6) is 0 Å². The van der Waals surface area contributed by atoms with Gasteiger partial charge in [-0.25, -0.2) is 0 Å². The molecule has 3 N–H and O–H groups in total. The predicted octanol–water partition coefficient (Wildman–Crippen LogP) is 2.93. The quantitative estimate of drug-likeness (QED) is 0.768. The lowest BCUT2D eigenvalue weighted by atomic mass is 9.84. The lowest BCUT2D eigenvalue weighted by molar-refractivity contribution is -0.116. The number of hydrogen-bond donors (Lipinski definition) is 2. The van der Waals surface area contributed by atoms with Gasteiger partial charge >= 0.3 is 0 Å². The average molecular weight is 278 g/mol. The molecule has 0 unspecified atom stereocenters. The van der Waals surface area contributed by atoms with Crippen LogP contribution in [0.25, 0.3) is 0 Å². The Morgan fingerprint density at radius 3 is 2.65 bits per heavy atom. The third-order valence-corrected chi connectivity index (χ3v) is 3.44. The van der Waals surface area contributed by atoms with Crippen molar-refractivity contribution < 1.29 is 9.53 Å². The molecule has 0 spiro atoms. The highest BCUT2D eigenvalue weighted by Crippen LogP contribution is 2.26. The van der Waals surface area contributed by atoms with E-state index < -0.39 is 0 Å². The highest BCUT2D eigenvalue weighted by Gasteiger charge is 2.18. The molecule has 0 saturated carbocycles. The number of amides is 1. The molecule has 4 nitrogen and oxygen atoms in total. The van der Waals surface area contributed by atoms with Gasteiger partial charge in [0, 0.05) is 24.8 Å². The minimum Gasteiger partial charge on any atom is -0.380 e. The molecule has 20 heavy (non-hydrogen) atoms. The molecule has 0 heterocycles.